The SMILES string of the molecule is ClC1=N[N]C=[C]1. The van der Waals surface area contributed by atoms with Crippen LogP contribution in [0.25, 0.3) is 0 Å². The molecule has 0 aromatic heterocycles. The molecule has 2 nitrogen and oxygen atoms in total. The predicted molar refractivity (Wildman–Crippen MR) is 23.2 cm³/mol. The number of halogens is 1. The summed E-state index contributed by atoms with van der Waals surface area (Å²) in [4.78, 5) is 0. The van der Waals surface area contributed by atoms with E-state index in [1.807, 2.05) is 0 Å². The summed E-state index contributed by atoms with van der Waals surface area (Å²) >= 11 is 5.23. The summed E-state index contributed by atoms with van der Waals surface area (Å²) in [6.07, 6.45) is 3.96. The predicted octanol–water partition coefficient (Wildman–Crippen LogP) is 0.474. The Bertz CT molecular complexity index is 103. The highest BCUT2D eigenvalue weighted by molar-refractivity contribution is 6.67. The van der Waals surface area contributed by atoms with Crippen molar-refractivity contribution in [2.75, 3.05) is 0 Å². The normalized spacial score (nSPS) is 17.2. The first kappa shape index (κ1) is 3.68. The molecule has 0 aromatic carbocycles. The highest BCUT2D eigenvalue weighted by atomic mass is 35.5. The molecule has 0 aliphatic carbocycles. The number of hydrogen-bond acceptors (Lipinski definition) is 1. The van der Waals surface area contributed by atoms with Crippen LogP contribution in [0.2, 0.25) is 0 Å². The molecule has 0 spiro atoms. The molecule has 3 heteroatoms. The fourth-order valence-corrected chi connectivity index (χ4v) is 0.283. The van der Waals surface area contributed by atoms with Crippen LogP contribution >= 0.6 is 11.6 Å². The Labute approximate surface area is 40.5 Å². The monoisotopic (exact) mass is 100.0 g/mol. The third kappa shape index (κ3) is 0.518. The van der Waals surface area contributed by atoms with E-state index in [-0.39, 0.29) is 0 Å². The van der Waals surface area contributed by atoms with Crippen molar-refractivity contribution in [1.29, 1.82) is 0 Å². The average Bonchev–Trinajstić information content (AvgIpc) is 1.86. The minimum absolute atomic E-state index is 0.329. The molecule has 1 aliphatic heterocycles. The van der Waals surface area contributed by atoms with Gasteiger partial charge in [-0.15, -0.1) is 5.10 Å². The van der Waals surface area contributed by atoms with Gasteiger partial charge in [0.25, 0.3) is 0 Å². The molecule has 6 heavy (non-hydrogen) atoms. The molecule has 2 radical (unpaired) electrons. The summed E-state index contributed by atoms with van der Waals surface area (Å²) in [6, 6.07) is 0. The first-order valence-electron chi connectivity index (χ1n) is 1.41. The van der Waals surface area contributed by atoms with E-state index in [4.69, 9.17) is 11.6 Å². The summed E-state index contributed by atoms with van der Waals surface area (Å²) in [5, 5.41) is 3.71. The standard InChI is InChI=1S/C3HClN2/c4-3-1-2-5-6-3/h2H. The van der Waals surface area contributed by atoms with Gasteiger partial charge in [-0.1, -0.05) is 11.6 Å². The van der Waals surface area contributed by atoms with E-state index in [0.717, 1.165) is 0 Å². The lowest BCUT2D eigenvalue weighted by molar-refractivity contribution is 0.974. The Morgan fingerprint density at radius 1 is 1.83 bits per heavy atom. The van der Waals surface area contributed by atoms with Crippen molar-refractivity contribution >= 4 is 16.8 Å². The van der Waals surface area contributed by atoms with Crippen LogP contribution in [0.3, 0.4) is 0 Å². The molecule has 0 unspecified atom stereocenters. The number of allylic oxidation sites excluding steroid dienone is 1. The Morgan fingerprint density at radius 2 is 2.67 bits per heavy atom. The van der Waals surface area contributed by atoms with Gasteiger partial charge in [0.1, 0.15) is 0 Å². The maximum Gasteiger partial charge on any atom is 0.161 e. The van der Waals surface area contributed by atoms with Gasteiger partial charge >= 0.3 is 0 Å². The van der Waals surface area contributed by atoms with E-state index in [2.05, 4.69) is 16.6 Å². The Balaban J connectivity index is 2.68. The van der Waals surface area contributed by atoms with Gasteiger partial charge in [-0.25, -0.2) is 0 Å². The van der Waals surface area contributed by atoms with Crippen molar-refractivity contribution in [2.24, 2.45) is 5.10 Å². The summed E-state index contributed by atoms with van der Waals surface area (Å²) < 4.78 is 0. The van der Waals surface area contributed by atoms with Gasteiger partial charge in [-0.05, 0) is 0 Å². The molecule has 30 valence electrons. The van der Waals surface area contributed by atoms with Gasteiger partial charge in [0.2, 0.25) is 0 Å². The summed E-state index contributed by atoms with van der Waals surface area (Å²) in [5.41, 5.74) is 3.38. The third-order valence-electron chi connectivity index (χ3n) is 0.387. The van der Waals surface area contributed by atoms with E-state index in [0.29, 0.717) is 5.17 Å². The van der Waals surface area contributed by atoms with Gasteiger partial charge in [-0.3, -0.25) is 0 Å². The van der Waals surface area contributed by atoms with E-state index >= 15 is 0 Å². The maximum absolute atomic E-state index is 5.23. The summed E-state index contributed by atoms with van der Waals surface area (Å²) in [5.74, 6) is 0. The minimum Gasteiger partial charge on any atom is -0.157 e. The van der Waals surface area contributed by atoms with E-state index < -0.39 is 0 Å². The van der Waals surface area contributed by atoms with Crippen molar-refractivity contribution in [3.63, 3.8) is 0 Å². The number of nitrogens with zero attached hydrogens (tertiary/aromatic N) is 2. The van der Waals surface area contributed by atoms with E-state index in [1.165, 1.54) is 6.20 Å². The molecule has 0 saturated carbocycles. The molecule has 0 atom stereocenters. The van der Waals surface area contributed by atoms with Crippen LogP contribution in [0, 0.1) is 6.08 Å². The van der Waals surface area contributed by atoms with Crippen molar-refractivity contribution < 1.29 is 0 Å². The van der Waals surface area contributed by atoms with Crippen LogP contribution in [-0.4, -0.2) is 5.17 Å². The Morgan fingerprint density at radius 3 is 2.83 bits per heavy atom. The maximum atomic E-state index is 5.23. The van der Waals surface area contributed by atoms with Crippen LogP contribution in [0.15, 0.2) is 11.3 Å². The molecule has 0 aromatic rings. The second-order valence-corrected chi connectivity index (χ2v) is 1.14. The van der Waals surface area contributed by atoms with Gasteiger partial charge in [0.05, 0.1) is 6.20 Å². The molecule has 0 bridgehead atoms. The van der Waals surface area contributed by atoms with Gasteiger partial charge < -0.3 is 0 Å². The first-order valence-corrected chi connectivity index (χ1v) is 1.79. The molecule has 0 fully saturated rings. The largest absolute Gasteiger partial charge is 0.161 e. The van der Waals surface area contributed by atoms with Crippen molar-refractivity contribution in [2.45, 2.75) is 0 Å². The second kappa shape index (κ2) is 1.30. The molecule has 0 amide bonds. The molecular weight excluding hydrogens is 99.5 g/mol. The van der Waals surface area contributed by atoms with Crippen LogP contribution in [0.5, 0.6) is 0 Å². The summed E-state index contributed by atoms with van der Waals surface area (Å²) in [6.45, 7) is 0. The van der Waals surface area contributed by atoms with Gasteiger partial charge in [-0.2, -0.15) is 5.43 Å². The molecule has 1 rings (SSSR count). The number of rotatable bonds is 0. The molecule has 0 N–H and O–H groups in total. The lowest BCUT2D eigenvalue weighted by Gasteiger charge is -1.67. The zero-order valence-electron chi connectivity index (χ0n) is 2.85. The van der Waals surface area contributed by atoms with Crippen LogP contribution in [0.4, 0.5) is 0 Å². The lowest BCUT2D eigenvalue weighted by atomic mass is 10.7. The highest BCUT2D eigenvalue weighted by Gasteiger charge is 1.91. The Kier molecular flexibility index (Phi) is 0.801. The average molecular weight is 101 g/mol. The van der Waals surface area contributed by atoms with Gasteiger partial charge in [0, 0.05) is 6.08 Å². The number of hydrogen-bond donors (Lipinski definition) is 0. The minimum atomic E-state index is 0.329. The Hall–Kier alpha value is -0.500. The highest BCUT2D eigenvalue weighted by Crippen LogP contribution is 1.90. The topological polar surface area (TPSA) is 26.5 Å². The van der Waals surface area contributed by atoms with Crippen LogP contribution in [-0.2, 0) is 0 Å². The third-order valence-corrected chi connectivity index (χ3v) is 0.572. The van der Waals surface area contributed by atoms with Crippen molar-refractivity contribution in [3.8, 4) is 0 Å². The quantitative estimate of drug-likeness (QED) is 0.423. The van der Waals surface area contributed by atoms with Crippen LogP contribution in [0.1, 0.15) is 0 Å². The second-order valence-electron chi connectivity index (χ2n) is 0.780. The van der Waals surface area contributed by atoms with Crippen molar-refractivity contribution in [1.82, 2.24) is 5.43 Å². The van der Waals surface area contributed by atoms with Crippen molar-refractivity contribution in [3.05, 3.63) is 12.3 Å². The van der Waals surface area contributed by atoms with E-state index in [1.54, 1.807) is 0 Å². The zero-order valence-corrected chi connectivity index (χ0v) is 3.61. The fraction of sp³-hybridized carbons (Fsp3) is 0. The zero-order chi connectivity index (χ0) is 4.41. The smallest absolute Gasteiger partial charge is 0.157 e. The summed E-state index contributed by atoms with van der Waals surface area (Å²) in [7, 11) is 0. The van der Waals surface area contributed by atoms with Crippen LogP contribution < -0.4 is 5.43 Å². The molecule has 1 heterocycles. The molecule has 0 saturated heterocycles. The molecular formula is C3HClN2. The fourth-order valence-electron chi connectivity index (χ4n) is 0.191. The van der Waals surface area contributed by atoms with E-state index in [9.17, 15) is 0 Å². The molecule has 1 aliphatic rings. The lowest BCUT2D eigenvalue weighted by Crippen LogP contribution is -1.74. The van der Waals surface area contributed by atoms with Gasteiger partial charge in [0.15, 0.2) is 5.17 Å². The first-order chi connectivity index (χ1) is 2.89.